The van der Waals surface area contributed by atoms with Gasteiger partial charge in [-0.25, -0.2) is 5.01 Å². The number of nitrogens with zero attached hydrogens (tertiary/aromatic N) is 2. The second kappa shape index (κ2) is 8.46. The highest BCUT2D eigenvalue weighted by molar-refractivity contribution is 6.04. The molecule has 2 aliphatic rings. The predicted molar refractivity (Wildman–Crippen MR) is 123 cm³/mol. The van der Waals surface area contributed by atoms with Gasteiger partial charge in [0.15, 0.2) is 0 Å². The first-order valence-corrected chi connectivity index (χ1v) is 10.8. The normalized spacial score (nSPS) is 18.8. The summed E-state index contributed by atoms with van der Waals surface area (Å²) >= 11 is 0. The molecule has 0 aromatic heterocycles. The van der Waals surface area contributed by atoms with Crippen molar-refractivity contribution in [2.24, 2.45) is 5.10 Å². The molecule has 0 bridgehead atoms. The number of methoxy groups -OCH3 is 2. The Hall–Kier alpha value is -3.67. The topological polar surface area (TPSA) is 52.5 Å². The molecule has 0 spiro atoms. The van der Waals surface area contributed by atoms with Crippen molar-refractivity contribution in [3.63, 3.8) is 0 Å². The van der Waals surface area contributed by atoms with Gasteiger partial charge in [0.05, 0.1) is 32.6 Å². The highest BCUT2D eigenvalue weighted by Gasteiger charge is 2.41. The minimum Gasteiger partial charge on any atom is -0.497 e. The van der Waals surface area contributed by atoms with Crippen LogP contribution in [0.3, 0.4) is 0 Å². The van der Waals surface area contributed by atoms with E-state index in [2.05, 4.69) is 11.1 Å². The van der Waals surface area contributed by atoms with Crippen LogP contribution in [0.1, 0.15) is 42.3 Å². The molecule has 0 aliphatic carbocycles. The summed E-state index contributed by atoms with van der Waals surface area (Å²) in [4.78, 5) is 0. The van der Waals surface area contributed by atoms with E-state index in [9.17, 15) is 0 Å². The standard InChI is InChI=1S/C26H26N2O4/c1-4-31-18-11-9-17(10-12-18)26-28-23(21-7-5-6-8-24(21)32-26)16-22(27-28)20-14-13-19(29-2)15-25(20)30-3/h5-15,23,26H,4,16H2,1-3H3/t23-,26-/m0/s1. The van der Waals surface area contributed by atoms with Gasteiger partial charge >= 0.3 is 0 Å². The lowest BCUT2D eigenvalue weighted by molar-refractivity contribution is -0.0190. The molecule has 6 nitrogen and oxygen atoms in total. The summed E-state index contributed by atoms with van der Waals surface area (Å²) < 4.78 is 23.0. The van der Waals surface area contributed by atoms with Crippen LogP contribution < -0.4 is 18.9 Å². The van der Waals surface area contributed by atoms with E-state index in [4.69, 9.17) is 24.0 Å². The van der Waals surface area contributed by atoms with Gasteiger partial charge < -0.3 is 18.9 Å². The lowest BCUT2D eigenvalue weighted by atomic mass is 9.95. The largest absolute Gasteiger partial charge is 0.497 e. The molecule has 32 heavy (non-hydrogen) atoms. The summed E-state index contributed by atoms with van der Waals surface area (Å²) in [5, 5.41) is 7.10. The molecule has 3 aromatic carbocycles. The minimum absolute atomic E-state index is 0.0818. The first-order valence-electron chi connectivity index (χ1n) is 10.8. The summed E-state index contributed by atoms with van der Waals surface area (Å²) in [6.45, 7) is 2.62. The van der Waals surface area contributed by atoms with E-state index < -0.39 is 0 Å². The average molecular weight is 431 g/mol. The molecule has 0 radical (unpaired) electrons. The molecule has 0 unspecified atom stereocenters. The number of hydrogen-bond acceptors (Lipinski definition) is 6. The Kier molecular flexibility index (Phi) is 5.35. The van der Waals surface area contributed by atoms with Gasteiger partial charge in [0.2, 0.25) is 6.23 Å². The molecule has 2 atom stereocenters. The molecule has 5 rings (SSSR count). The van der Waals surface area contributed by atoms with E-state index in [1.807, 2.05) is 67.6 Å². The van der Waals surface area contributed by atoms with Gasteiger partial charge in [-0.1, -0.05) is 18.2 Å². The van der Waals surface area contributed by atoms with E-state index in [-0.39, 0.29) is 12.3 Å². The predicted octanol–water partition coefficient (Wildman–Crippen LogP) is 5.34. The Morgan fingerprint density at radius 3 is 2.50 bits per heavy atom. The monoisotopic (exact) mass is 430 g/mol. The van der Waals surface area contributed by atoms with E-state index in [0.717, 1.165) is 51.8 Å². The number of ether oxygens (including phenoxy) is 4. The maximum Gasteiger partial charge on any atom is 0.213 e. The summed E-state index contributed by atoms with van der Waals surface area (Å²) in [5.74, 6) is 3.24. The first-order chi connectivity index (χ1) is 15.7. The van der Waals surface area contributed by atoms with Gasteiger partial charge in [-0.15, -0.1) is 0 Å². The lowest BCUT2D eigenvalue weighted by Crippen LogP contribution is -2.33. The first kappa shape index (κ1) is 20.2. The van der Waals surface area contributed by atoms with E-state index in [1.165, 1.54) is 0 Å². The number of benzene rings is 3. The number of hydrazone groups is 1. The van der Waals surface area contributed by atoms with Gasteiger partial charge in [-0.05, 0) is 49.4 Å². The zero-order valence-electron chi connectivity index (χ0n) is 18.4. The van der Waals surface area contributed by atoms with Gasteiger partial charge in [-0.3, -0.25) is 0 Å². The molecule has 2 aliphatic heterocycles. The molecule has 164 valence electrons. The molecule has 0 fully saturated rings. The molecule has 0 amide bonds. The van der Waals surface area contributed by atoms with Crippen LogP contribution in [-0.4, -0.2) is 31.5 Å². The van der Waals surface area contributed by atoms with Crippen LogP contribution in [0.4, 0.5) is 0 Å². The zero-order valence-corrected chi connectivity index (χ0v) is 18.4. The summed E-state index contributed by atoms with van der Waals surface area (Å²) in [6.07, 6.45) is 0.434. The second-order valence-corrected chi connectivity index (χ2v) is 7.72. The van der Waals surface area contributed by atoms with Gasteiger partial charge in [-0.2, -0.15) is 5.10 Å². The maximum atomic E-state index is 6.44. The van der Waals surface area contributed by atoms with Crippen molar-refractivity contribution >= 4 is 5.71 Å². The smallest absolute Gasteiger partial charge is 0.213 e. The molecule has 2 heterocycles. The highest BCUT2D eigenvalue weighted by Crippen LogP contribution is 2.48. The van der Waals surface area contributed by atoms with Crippen LogP contribution in [0, 0.1) is 0 Å². The number of para-hydroxylation sites is 1. The molecular weight excluding hydrogens is 404 g/mol. The summed E-state index contributed by atoms with van der Waals surface area (Å²) in [5.41, 5.74) is 4.09. The van der Waals surface area contributed by atoms with Crippen molar-refractivity contribution in [1.29, 1.82) is 0 Å². The van der Waals surface area contributed by atoms with E-state index in [1.54, 1.807) is 14.2 Å². The molecular formula is C26H26N2O4. The third-order valence-corrected chi connectivity index (χ3v) is 5.89. The van der Waals surface area contributed by atoms with Gasteiger partial charge in [0.25, 0.3) is 0 Å². The maximum absolute atomic E-state index is 6.44. The minimum atomic E-state index is -0.327. The quantitative estimate of drug-likeness (QED) is 0.528. The van der Waals surface area contributed by atoms with E-state index in [0.29, 0.717) is 6.61 Å². The van der Waals surface area contributed by atoms with Crippen LogP contribution in [0.25, 0.3) is 0 Å². The summed E-state index contributed by atoms with van der Waals surface area (Å²) in [6, 6.07) is 22.2. The Bertz CT molecular complexity index is 1140. The van der Waals surface area contributed by atoms with Crippen LogP contribution in [0.2, 0.25) is 0 Å². The SMILES string of the molecule is CCOc1ccc([C@@H]2Oc3ccccc3[C@@H]3CC(c4ccc(OC)cc4OC)=NN32)cc1. The molecule has 3 aromatic rings. The van der Waals surface area contributed by atoms with E-state index >= 15 is 0 Å². The Labute approximate surface area is 188 Å². The van der Waals surface area contributed by atoms with Crippen LogP contribution in [0.5, 0.6) is 23.0 Å². The fourth-order valence-electron chi connectivity index (χ4n) is 4.35. The van der Waals surface area contributed by atoms with Crippen molar-refractivity contribution < 1.29 is 18.9 Å². The van der Waals surface area contributed by atoms with Crippen LogP contribution in [-0.2, 0) is 0 Å². The zero-order chi connectivity index (χ0) is 22.1. The lowest BCUT2D eigenvalue weighted by Gasteiger charge is -2.38. The van der Waals surface area contributed by atoms with Crippen LogP contribution >= 0.6 is 0 Å². The number of hydrogen-bond donors (Lipinski definition) is 0. The van der Waals surface area contributed by atoms with Gasteiger partial charge in [0, 0.05) is 29.2 Å². The molecule has 0 N–H and O–H groups in total. The Morgan fingerprint density at radius 1 is 0.969 bits per heavy atom. The van der Waals surface area contributed by atoms with Crippen molar-refractivity contribution in [2.75, 3.05) is 20.8 Å². The Morgan fingerprint density at radius 2 is 1.75 bits per heavy atom. The Balaban J connectivity index is 1.55. The third-order valence-electron chi connectivity index (χ3n) is 5.89. The van der Waals surface area contributed by atoms with Gasteiger partial charge in [0.1, 0.15) is 23.0 Å². The third kappa shape index (κ3) is 3.51. The number of rotatable bonds is 6. The fourth-order valence-corrected chi connectivity index (χ4v) is 4.35. The molecule has 6 heteroatoms. The van der Waals surface area contributed by atoms with Crippen molar-refractivity contribution in [3.8, 4) is 23.0 Å². The molecule has 0 saturated carbocycles. The number of fused-ring (bicyclic) bond motifs is 3. The van der Waals surface area contributed by atoms with Crippen molar-refractivity contribution in [1.82, 2.24) is 5.01 Å². The average Bonchev–Trinajstić information content (AvgIpc) is 3.29. The second-order valence-electron chi connectivity index (χ2n) is 7.72. The highest BCUT2D eigenvalue weighted by atomic mass is 16.5. The van der Waals surface area contributed by atoms with Crippen LogP contribution in [0.15, 0.2) is 71.8 Å². The van der Waals surface area contributed by atoms with Crippen molar-refractivity contribution in [3.05, 3.63) is 83.4 Å². The fraction of sp³-hybridized carbons (Fsp3) is 0.269. The van der Waals surface area contributed by atoms with Crippen molar-refractivity contribution in [2.45, 2.75) is 25.6 Å². The summed E-state index contributed by atoms with van der Waals surface area (Å²) in [7, 11) is 3.32. The molecule has 0 saturated heterocycles.